The molecule has 0 amide bonds. The molecule has 82 valence electrons. The van der Waals surface area contributed by atoms with E-state index in [4.69, 9.17) is 10.9 Å². The Morgan fingerprint density at radius 3 is 3.00 bits per heavy atom. The van der Waals surface area contributed by atoms with E-state index in [1.807, 2.05) is 6.92 Å². The number of amidine groups is 1. The molecule has 1 heterocycles. The fourth-order valence-electron chi connectivity index (χ4n) is 1.89. The van der Waals surface area contributed by atoms with Crippen molar-refractivity contribution in [1.29, 1.82) is 0 Å². The highest BCUT2D eigenvalue weighted by Gasteiger charge is 2.23. The minimum atomic E-state index is -0.273. The Morgan fingerprint density at radius 1 is 1.71 bits per heavy atom. The summed E-state index contributed by atoms with van der Waals surface area (Å²) in [5.74, 6) is 0.548. The van der Waals surface area contributed by atoms with Crippen molar-refractivity contribution in [1.82, 2.24) is 4.90 Å². The standard InChI is InChI=1S/C9H19N3O2/c1-7(13)8-3-2-4-12(5-8)6-9(10)11-14/h7-8,13-14H,2-6H2,1H3,(H2,10,11)/t7-,8-/m0/s1. The van der Waals surface area contributed by atoms with Crippen LogP contribution < -0.4 is 5.73 Å². The molecule has 0 radical (unpaired) electrons. The molecule has 0 aliphatic carbocycles. The highest BCUT2D eigenvalue weighted by Crippen LogP contribution is 2.19. The number of aliphatic hydroxyl groups excluding tert-OH is 1. The predicted molar refractivity (Wildman–Crippen MR) is 54.3 cm³/mol. The Hall–Kier alpha value is -0.810. The normalized spacial score (nSPS) is 27.6. The first-order chi connectivity index (χ1) is 6.63. The fourth-order valence-corrected chi connectivity index (χ4v) is 1.89. The van der Waals surface area contributed by atoms with Crippen molar-refractivity contribution in [2.75, 3.05) is 19.6 Å². The van der Waals surface area contributed by atoms with Gasteiger partial charge >= 0.3 is 0 Å². The van der Waals surface area contributed by atoms with Crippen LogP contribution in [0.4, 0.5) is 0 Å². The van der Waals surface area contributed by atoms with E-state index < -0.39 is 0 Å². The van der Waals surface area contributed by atoms with E-state index >= 15 is 0 Å². The lowest BCUT2D eigenvalue weighted by Crippen LogP contribution is -2.43. The summed E-state index contributed by atoms with van der Waals surface area (Å²) in [5.41, 5.74) is 5.42. The van der Waals surface area contributed by atoms with Gasteiger partial charge < -0.3 is 16.0 Å². The minimum absolute atomic E-state index is 0.233. The molecule has 1 rings (SSSR count). The highest BCUT2D eigenvalue weighted by molar-refractivity contribution is 5.81. The van der Waals surface area contributed by atoms with Gasteiger partial charge in [0.1, 0.15) is 0 Å². The molecule has 1 aliphatic rings. The Bertz CT molecular complexity index is 206. The smallest absolute Gasteiger partial charge is 0.153 e. The number of aliphatic hydroxyl groups is 1. The van der Waals surface area contributed by atoms with E-state index in [-0.39, 0.29) is 11.9 Å². The van der Waals surface area contributed by atoms with Crippen molar-refractivity contribution in [3.63, 3.8) is 0 Å². The lowest BCUT2D eigenvalue weighted by molar-refractivity contribution is 0.0686. The first-order valence-corrected chi connectivity index (χ1v) is 5.00. The lowest BCUT2D eigenvalue weighted by atomic mass is 9.93. The second-order valence-electron chi connectivity index (χ2n) is 3.97. The van der Waals surface area contributed by atoms with E-state index in [1.165, 1.54) is 0 Å². The summed E-state index contributed by atoms with van der Waals surface area (Å²) in [4.78, 5) is 2.11. The van der Waals surface area contributed by atoms with Crippen molar-refractivity contribution < 1.29 is 10.3 Å². The molecule has 1 aliphatic heterocycles. The molecule has 2 atom stereocenters. The van der Waals surface area contributed by atoms with Crippen molar-refractivity contribution in [3.8, 4) is 0 Å². The van der Waals surface area contributed by atoms with Crippen LogP contribution in [0.25, 0.3) is 0 Å². The van der Waals surface area contributed by atoms with Gasteiger partial charge in [-0.3, -0.25) is 4.90 Å². The summed E-state index contributed by atoms with van der Waals surface area (Å²) in [7, 11) is 0. The predicted octanol–water partition coefficient (Wildman–Crippen LogP) is -0.174. The molecule has 5 heteroatoms. The number of likely N-dealkylation sites (tertiary alicyclic amines) is 1. The van der Waals surface area contributed by atoms with Crippen LogP contribution in [-0.2, 0) is 0 Å². The molecule has 0 spiro atoms. The number of oxime groups is 1. The highest BCUT2D eigenvalue weighted by atomic mass is 16.4. The van der Waals surface area contributed by atoms with Gasteiger partial charge in [-0.05, 0) is 32.2 Å². The third kappa shape index (κ3) is 3.16. The zero-order chi connectivity index (χ0) is 10.6. The van der Waals surface area contributed by atoms with Crippen molar-refractivity contribution in [2.45, 2.75) is 25.9 Å². The molecule has 1 fully saturated rings. The van der Waals surface area contributed by atoms with Gasteiger partial charge in [-0.1, -0.05) is 5.16 Å². The third-order valence-corrected chi connectivity index (χ3v) is 2.74. The van der Waals surface area contributed by atoms with E-state index in [0.29, 0.717) is 12.5 Å². The maximum absolute atomic E-state index is 9.45. The van der Waals surface area contributed by atoms with E-state index in [1.54, 1.807) is 0 Å². The van der Waals surface area contributed by atoms with Gasteiger partial charge in [-0.2, -0.15) is 0 Å². The number of piperidine rings is 1. The van der Waals surface area contributed by atoms with Crippen LogP contribution in [0, 0.1) is 5.92 Å². The number of rotatable bonds is 3. The molecule has 0 saturated carbocycles. The molecule has 0 unspecified atom stereocenters. The summed E-state index contributed by atoms with van der Waals surface area (Å²) < 4.78 is 0. The quantitative estimate of drug-likeness (QED) is 0.256. The van der Waals surface area contributed by atoms with Crippen LogP contribution in [0.15, 0.2) is 5.16 Å². The van der Waals surface area contributed by atoms with Gasteiger partial charge in [0.05, 0.1) is 12.6 Å². The molecule has 0 aromatic carbocycles. The number of hydrogen-bond donors (Lipinski definition) is 3. The zero-order valence-corrected chi connectivity index (χ0v) is 8.56. The van der Waals surface area contributed by atoms with Crippen LogP contribution in [0.1, 0.15) is 19.8 Å². The van der Waals surface area contributed by atoms with Gasteiger partial charge in [0.2, 0.25) is 0 Å². The zero-order valence-electron chi connectivity index (χ0n) is 8.56. The van der Waals surface area contributed by atoms with Crippen molar-refractivity contribution in [3.05, 3.63) is 0 Å². The molecule has 5 nitrogen and oxygen atoms in total. The molecule has 0 bridgehead atoms. The average molecular weight is 201 g/mol. The summed E-state index contributed by atoms with van der Waals surface area (Å²) in [6, 6.07) is 0. The second kappa shape index (κ2) is 5.17. The Kier molecular flexibility index (Phi) is 4.16. The SMILES string of the molecule is C[C@H](O)[C@H]1CCCN(CC(N)=NO)C1. The van der Waals surface area contributed by atoms with Crippen molar-refractivity contribution in [2.24, 2.45) is 16.8 Å². The molecule has 0 aromatic heterocycles. The van der Waals surface area contributed by atoms with Gasteiger partial charge in [0, 0.05) is 6.54 Å². The van der Waals surface area contributed by atoms with Gasteiger partial charge in [-0.15, -0.1) is 0 Å². The van der Waals surface area contributed by atoms with E-state index in [2.05, 4.69) is 10.1 Å². The molecular formula is C9H19N3O2. The Labute approximate surface area is 84.2 Å². The topological polar surface area (TPSA) is 82.1 Å². The molecular weight excluding hydrogens is 182 g/mol. The van der Waals surface area contributed by atoms with E-state index in [0.717, 1.165) is 25.9 Å². The summed E-state index contributed by atoms with van der Waals surface area (Å²) in [6.07, 6.45) is 1.85. The van der Waals surface area contributed by atoms with Crippen LogP contribution in [0.5, 0.6) is 0 Å². The molecule has 14 heavy (non-hydrogen) atoms. The number of nitrogens with two attached hydrogens (primary N) is 1. The molecule has 0 aromatic rings. The summed E-state index contributed by atoms with van der Waals surface area (Å²) >= 11 is 0. The van der Waals surface area contributed by atoms with Gasteiger partial charge in [0.25, 0.3) is 0 Å². The molecule has 1 saturated heterocycles. The summed E-state index contributed by atoms with van der Waals surface area (Å²) in [6.45, 7) is 4.09. The fraction of sp³-hybridized carbons (Fsp3) is 0.889. The van der Waals surface area contributed by atoms with Crippen LogP contribution in [0.3, 0.4) is 0 Å². The number of hydrogen-bond acceptors (Lipinski definition) is 4. The van der Waals surface area contributed by atoms with Crippen molar-refractivity contribution >= 4 is 5.84 Å². The number of nitrogens with zero attached hydrogens (tertiary/aromatic N) is 2. The largest absolute Gasteiger partial charge is 0.409 e. The van der Waals surface area contributed by atoms with Gasteiger partial charge in [0.15, 0.2) is 5.84 Å². The maximum Gasteiger partial charge on any atom is 0.153 e. The lowest BCUT2D eigenvalue weighted by Gasteiger charge is -2.33. The average Bonchev–Trinajstić information content (AvgIpc) is 2.18. The monoisotopic (exact) mass is 201 g/mol. The third-order valence-electron chi connectivity index (χ3n) is 2.74. The maximum atomic E-state index is 9.45. The van der Waals surface area contributed by atoms with Crippen LogP contribution in [-0.4, -0.2) is 46.8 Å². The first kappa shape index (κ1) is 11.3. The summed E-state index contributed by atoms with van der Waals surface area (Å²) in [5, 5.41) is 20.8. The first-order valence-electron chi connectivity index (χ1n) is 5.00. The minimum Gasteiger partial charge on any atom is -0.409 e. The Balaban J connectivity index is 2.40. The van der Waals surface area contributed by atoms with Crippen LogP contribution >= 0.6 is 0 Å². The van der Waals surface area contributed by atoms with Gasteiger partial charge in [-0.25, -0.2) is 0 Å². The second-order valence-corrected chi connectivity index (χ2v) is 3.97. The van der Waals surface area contributed by atoms with E-state index in [9.17, 15) is 5.11 Å². The van der Waals surface area contributed by atoms with Crippen LogP contribution in [0.2, 0.25) is 0 Å². The molecule has 4 N–H and O–H groups in total. The Morgan fingerprint density at radius 2 is 2.43 bits per heavy atom.